The molecule has 0 aliphatic rings. The summed E-state index contributed by atoms with van der Waals surface area (Å²) in [5.74, 6) is -1.06. The number of thiazole rings is 1. The van der Waals surface area contributed by atoms with Gasteiger partial charge in [0.05, 0.1) is 5.69 Å². The van der Waals surface area contributed by atoms with Gasteiger partial charge in [0.1, 0.15) is 4.88 Å². The zero-order valence-corrected chi connectivity index (χ0v) is 11.6. The van der Waals surface area contributed by atoms with Gasteiger partial charge in [0.25, 0.3) is 5.56 Å². The van der Waals surface area contributed by atoms with E-state index in [1.165, 1.54) is 16.7 Å². The van der Waals surface area contributed by atoms with Gasteiger partial charge in [-0.25, -0.2) is 9.78 Å². The summed E-state index contributed by atoms with van der Waals surface area (Å²) < 4.78 is 1.25. The van der Waals surface area contributed by atoms with Crippen molar-refractivity contribution >= 4 is 45.8 Å². The summed E-state index contributed by atoms with van der Waals surface area (Å²) in [5.41, 5.74) is 0.228. The lowest BCUT2D eigenvalue weighted by molar-refractivity contribution is 0.0702. The first kappa shape index (κ1) is 12.8. The lowest BCUT2D eigenvalue weighted by Crippen LogP contribution is -2.11. The summed E-state index contributed by atoms with van der Waals surface area (Å²) in [5, 5.41) is 10.9. The summed E-state index contributed by atoms with van der Waals surface area (Å²) in [6.07, 6.45) is 4.91. The van der Waals surface area contributed by atoms with E-state index in [2.05, 4.69) is 4.98 Å². The highest BCUT2D eigenvalue weighted by Crippen LogP contribution is 2.16. The van der Waals surface area contributed by atoms with Crippen LogP contribution in [0.3, 0.4) is 0 Å². The standard InChI is InChI=1S/C13H8N2O3S2/c16-11-6-8(3-4-9-2-1-5-19-9)14-13-15(11)7-10(20-13)12(17)18/h1-7H,(H,17,18). The monoisotopic (exact) mass is 304 g/mol. The number of carbonyl (C=O) groups is 1. The van der Waals surface area contributed by atoms with E-state index in [-0.39, 0.29) is 10.4 Å². The predicted molar refractivity (Wildman–Crippen MR) is 79.5 cm³/mol. The quantitative estimate of drug-likeness (QED) is 0.807. The number of fused-ring (bicyclic) bond motifs is 1. The molecule has 3 aromatic rings. The zero-order valence-electron chi connectivity index (χ0n) is 10.0. The van der Waals surface area contributed by atoms with Crippen LogP contribution in [0.15, 0.2) is 34.6 Å². The third kappa shape index (κ3) is 2.40. The summed E-state index contributed by atoms with van der Waals surface area (Å²) in [7, 11) is 0. The lowest BCUT2D eigenvalue weighted by atomic mass is 10.3. The Balaban J connectivity index is 2.05. The van der Waals surface area contributed by atoms with Crippen LogP contribution in [0.1, 0.15) is 20.2 Å². The SMILES string of the molecule is O=C(O)c1cn2c(=O)cc(C=Cc3cccs3)nc2s1. The molecule has 3 aromatic heterocycles. The minimum Gasteiger partial charge on any atom is -0.477 e. The maximum absolute atomic E-state index is 11.9. The molecule has 0 fully saturated rings. The molecule has 0 bridgehead atoms. The highest BCUT2D eigenvalue weighted by atomic mass is 32.1. The van der Waals surface area contributed by atoms with Crippen molar-refractivity contribution in [2.45, 2.75) is 0 Å². The smallest absolute Gasteiger partial charge is 0.347 e. The first-order valence-electron chi connectivity index (χ1n) is 5.61. The Kier molecular flexibility index (Phi) is 3.21. The van der Waals surface area contributed by atoms with Gasteiger partial charge in [-0.1, -0.05) is 17.4 Å². The van der Waals surface area contributed by atoms with E-state index in [1.807, 2.05) is 23.6 Å². The van der Waals surface area contributed by atoms with Gasteiger partial charge >= 0.3 is 5.97 Å². The van der Waals surface area contributed by atoms with Crippen molar-refractivity contribution in [2.75, 3.05) is 0 Å². The van der Waals surface area contributed by atoms with Gasteiger partial charge in [0.2, 0.25) is 0 Å². The molecule has 3 heterocycles. The minimum atomic E-state index is -1.06. The molecule has 100 valence electrons. The number of hydrogen-bond acceptors (Lipinski definition) is 5. The third-order valence-electron chi connectivity index (χ3n) is 2.56. The van der Waals surface area contributed by atoms with Crippen LogP contribution >= 0.6 is 22.7 Å². The molecule has 7 heteroatoms. The number of aromatic nitrogens is 2. The Morgan fingerprint density at radius 3 is 2.95 bits per heavy atom. The molecule has 0 aliphatic heterocycles. The van der Waals surface area contributed by atoms with E-state index in [1.54, 1.807) is 17.4 Å². The summed E-state index contributed by atoms with van der Waals surface area (Å²) in [6, 6.07) is 5.28. The second-order valence-corrected chi connectivity index (χ2v) is 5.91. The van der Waals surface area contributed by atoms with Crippen molar-refractivity contribution in [3.63, 3.8) is 0 Å². The minimum absolute atomic E-state index is 0.0917. The van der Waals surface area contributed by atoms with Gasteiger partial charge in [-0.2, -0.15) is 0 Å². The highest BCUT2D eigenvalue weighted by Gasteiger charge is 2.10. The number of rotatable bonds is 3. The van der Waals surface area contributed by atoms with Crippen LogP contribution in [-0.2, 0) is 0 Å². The Morgan fingerprint density at radius 1 is 1.40 bits per heavy atom. The van der Waals surface area contributed by atoms with Crippen LogP contribution < -0.4 is 5.56 Å². The molecule has 0 radical (unpaired) electrons. The van der Waals surface area contributed by atoms with Gasteiger partial charge in [-0.3, -0.25) is 9.20 Å². The maximum Gasteiger partial charge on any atom is 0.347 e. The van der Waals surface area contributed by atoms with Crippen LogP contribution in [0, 0.1) is 0 Å². The Bertz CT molecular complexity index is 860. The number of hydrogen-bond donors (Lipinski definition) is 1. The maximum atomic E-state index is 11.9. The van der Waals surface area contributed by atoms with Gasteiger partial charge in [-0.15, -0.1) is 11.3 Å². The van der Waals surface area contributed by atoms with Crippen molar-refractivity contribution in [3.05, 3.63) is 55.6 Å². The zero-order chi connectivity index (χ0) is 14.1. The largest absolute Gasteiger partial charge is 0.477 e. The summed E-state index contributed by atoms with van der Waals surface area (Å²) in [4.78, 5) is 28.6. The Hall–Kier alpha value is -2.25. The third-order valence-corrected chi connectivity index (χ3v) is 4.37. The normalized spacial score (nSPS) is 11.4. The molecular weight excluding hydrogens is 296 g/mol. The molecule has 0 aliphatic carbocycles. The van der Waals surface area contributed by atoms with Gasteiger partial charge in [0, 0.05) is 17.1 Å². The Morgan fingerprint density at radius 2 is 2.25 bits per heavy atom. The molecule has 5 nitrogen and oxygen atoms in total. The topological polar surface area (TPSA) is 71.7 Å². The molecule has 0 unspecified atom stereocenters. The van der Waals surface area contributed by atoms with E-state index in [0.717, 1.165) is 16.2 Å². The fourth-order valence-corrected chi connectivity index (χ4v) is 3.11. The van der Waals surface area contributed by atoms with Crippen molar-refractivity contribution in [1.82, 2.24) is 9.38 Å². The first-order chi connectivity index (χ1) is 9.63. The molecular formula is C13H8N2O3S2. The van der Waals surface area contributed by atoms with Gasteiger partial charge < -0.3 is 5.11 Å². The molecule has 0 spiro atoms. The van der Waals surface area contributed by atoms with Gasteiger partial charge in [-0.05, 0) is 23.6 Å². The van der Waals surface area contributed by atoms with Crippen molar-refractivity contribution in [2.24, 2.45) is 0 Å². The summed E-state index contributed by atoms with van der Waals surface area (Å²) >= 11 is 2.56. The second-order valence-electron chi connectivity index (χ2n) is 3.92. The van der Waals surface area contributed by atoms with Crippen molar-refractivity contribution in [1.29, 1.82) is 0 Å². The number of nitrogens with zero attached hydrogens (tertiary/aromatic N) is 2. The molecule has 0 saturated heterocycles. The van der Waals surface area contributed by atoms with E-state index in [9.17, 15) is 9.59 Å². The number of thiophene rings is 1. The van der Waals surface area contributed by atoms with E-state index < -0.39 is 5.97 Å². The number of carboxylic acids is 1. The first-order valence-corrected chi connectivity index (χ1v) is 7.31. The van der Waals surface area contributed by atoms with Crippen LogP contribution in [0.5, 0.6) is 0 Å². The Labute approximate surface area is 121 Å². The van der Waals surface area contributed by atoms with E-state index in [0.29, 0.717) is 10.7 Å². The van der Waals surface area contributed by atoms with E-state index >= 15 is 0 Å². The molecule has 0 saturated carbocycles. The highest BCUT2D eigenvalue weighted by molar-refractivity contribution is 7.18. The fraction of sp³-hybridized carbons (Fsp3) is 0. The molecule has 0 aromatic carbocycles. The molecule has 3 rings (SSSR count). The molecule has 0 atom stereocenters. The van der Waals surface area contributed by atoms with E-state index in [4.69, 9.17) is 5.11 Å². The lowest BCUT2D eigenvalue weighted by Gasteiger charge is -1.93. The average molecular weight is 304 g/mol. The van der Waals surface area contributed by atoms with Crippen LogP contribution in [0.2, 0.25) is 0 Å². The van der Waals surface area contributed by atoms with Crippen LogP contribution in [0.4, 0.5) is 0 Å². The van der Waals surface area contributed by atoms with Gasteiger partial charge in [0.15, 0.2) is 4.96 Å². The number of carboxylic acid groups (broad SMARTS) is 1. The van der Waals surface area contributed by atoms with Crippen LogP contribution in [-0.4, -0.2) is 20.5 Å². The number of aromatic carboxylic acids is 1. The molecule has 20 heavy (non-hydrogen) atoms. The van der Waals surface area contributed by atoms with Crippen LogP contribution in [0.25, 0.3) is 17.1 Å². The van der Waals surface area contributed by atoms with Crippen molar-refractivity contribution in [3.8, 4) is 0 Å². The molecule has 0 amide bonds. The average Bonchev–Trinajstić information content (AvgIpc) is 3.05. The predicted octanol–water partition coefficient (Wildman–Crippen LogP) is 2.69. The summed E-state index contributed by atoms with van der Waals surface area (Å²) in [6.45, 7) is 0. The van der Waals surface area contributed by atoms with Crippen molar-refractivity contribution < 1.29 is 9.90 Å². The molecule has 1 N–H and O–H groups in total. The fourth-order valence-electron chi connectivity index (χ4n) is 1.66. The second kappa shape index (κ2) is 5.03.